The van der Waals surface area contributed by atoms with Crippen molar-refractivity contribution in [3.05, 3.63) is 12.2 Å². The second kappa shape index (κ2) is 8.90. The van der Waals surface area contributed by atoms with Crippen LogP contribution in [-0.4, -0.2) is 60.3 Å². The summed E-state index contributed by atoms with van der Waals surface area (Å²) >= 11 is 0. The average molecular weight is 492 g/mol. The molecule has 0 heterocycles. The summed E-state index contributed by atoms with van der Waals surface area (Å²) in [5.41, 5.74) is -2.34. The smallest absolute Gasteiger partial charge is 0.455 e. The van der Waals surface area contributed by atoms with Crippen LogP contribution in [0.1, 0.15) is 34.1 Å². The van der Waals surface area contributed by atoms with E-state index in [0.29, 0.717) is 0 Å². The molecule has 182 valence electrons. The summed E-state index contributed by atoms with van der Waals surface area (Å²) in [5, 5.41) is -6.11. The largest absolute Gasteiger partial charge is 0.468 e. The van der Waals surface area contributed by atoms with Crippen molar-refractivity contribution < 1.29 is 67.5 Å². The summed E-state index contributed by atoms with van der Waals surface area (Å²) in [6, 6.07) is 0. The number of alkyl halides is 7. The van der Waals surface area contributed by atoms with Crippen LogP contribution in [0.5, 0.6) is 0 Å². The molecule has 0 rings (SSSR count). The summed E-state index contributed by atoms with van der Waals surface area (Å²) in [4.78, 5) is 23.8. The third-order valence-corrected chi connectivity index (χ3v) is 4.04. The lowest BCUT2D eigenvalue weighted by molar-refractivity contribution is -0.359. The van der Waals surface area contributed by atoms with Crippen molar-refractivity contribution in [3.63, 3.8) is 0 Å². The lowest BCUT2D eigenvalue weighted by Gasteiger charge is -2.35. The summed E-state index contributed by atoms with van der Waals surface area (Å²) in [7, 11) is -6.67. The number of hydrogen-bond donors (Lipinski definition) is 1. The van der Waals surface area contributed by atoms with Gasteiger partial charge < -0.3 is 14.2 Å². The first kappa shape index (κ1) is 29.1. The van der Waals surface area contributed by atoms with Gasteiger partial charge in [0, 0.05) is 12.0 Å². The van der Waals surface area contributed by atoms with E-state index in [9.17, 15) is 48.7 Å². The van der Waals surface area contributed by atoms with E-state index in [-0.39, 0.29) is 0 Å². The van der Waals surface area contributed by atoms with Crippen LogP contribution in [0.15, 0.2) is 12.2 Å². The summed E-state index contributed by atoms with van der Waals surface area (Å²) in [5.74, 6) is -14.6. The van der Waals surface area contributed by atoms with Crippen LogP contribution in [0.4, 0.5) is 30.7 Å². The number of carbonyl (C=O) groups excluding carboxylic acids is 2. The Kier molecular flexibility index (Phi) is 8.34. The Labute approximate surface area is 172 Å². The number of rotatable bonds is 9. The van der Waals surface area contributed by atoms with E-state index in [1.54, 1.807) is 0 Å². The normalized spacial score (nSPS) is 15.7. The van der Waals surface area contributed by atoms with Gasteiger partial charge in [-0.15, -0.1) is 0 Å². The Morgan fingerprint density at radius 3 is 1.74 bits per heavy atom. The molecule has 0 saturated carbocycles. The number of ether oxygens (including phenoxy) is 3. The van der Waals surface area contributed by atoms with Crippen molar-refractivity contribution in [2.45, 2.75) is 62.9 Å². The molecule has 1 atom stereocenters. The molecule has 16 heteroatoms. The molecule has 0 aliphatic heterocycles. The molecule has 0 aliphatic rings. The van der Waals surface area contributed by atoms with E-state index in [2.05, 4.69) is 20.8 Å². The Morgan fingerprint density at radius 2 is 1.42 bits per heavy atom. The zero-order chi connectivity index (χ0) is 25.3. The van der Waals surface area contributed by atoms with Crippen molar-refractivity contribution in [2.75, 3.05) is 6.61 Å². The van der Waals surface area contributed by atoms with Crippen molar-refractivity contribution in [3.8, 4) is 0 Å². The van der Waals surface area contributed by atoms with Crippen LogP contribution in [0.25, 0.3) is 0 Å². The fourth-order valence-electron chi connectivity index (χ4n) is 1.61. The lowest BCUT2D eigenvalue weighted by atomic mass is 10.1. The molecule has 0 aromatic heterocycles. The zero-order valence-electron chi connectivity index (χ0n) is 16.5. The average Bonchev–Trinajstić information content (AvgIpc) is 2.49. The molecule has 0 spiro atoms. The first-order valence-electron chi connectivity index (χ1n) is 7.97. The van der Waals surface area contributed by atoms with Crippen LogP contribution in [0.2, 0.25) is 0 Å². The number of esters is 2. The van der Waals surface area contributed by atoms with Crippen LogP contribution >= 0.6 is 0 Å². The summed E-state index contributed by atoms with van der Waals surface area (Å²) in [6.07, 6.45) is -8.42. The molecular formula is C15H19F7O8S. The van der Waals surface area contributed by atoms with E-state index in [0.717, 1.165) is 27.7 Å². The second-order valence-corrected chi connectivity index (χ2v) is 8.54. The molecule has 0 amide bonds. The van der Waals surface area contributed by atoms with Gasteiger partial charge in [-0.2, -0.15) is 39.2 Å². The van der Waals surface area contributed by atoms with Gasteiger partial charge in [-0.3, -0.25) is 4.55 Å². The molecule has 0 aliphatic carbocycles. The van der Waals surface area contributed by atoms with Gasteiger partial charge in [0.05, 0.1) is 6.61 Å². The minimum Gasteiger partial charge on any atom is -0.455 e. The maximum absolute atomic E-state index is 13.7. The van der Waals surface area contributed by atoms with Gasteiger partial charge in [0.2, 0.25) is 0 Å². The number of carbonyl (C=O) groups is 2. The van der Waals surface area contributed by atoms with Gasteiger partial charge >= 0.3 is 45.2 Å². The summed E-state index contributed by atoms with van der Waals surface area (Å²) in [6.45, 7) is 5.01. The molecule has 0 radical (unpaired) electrons. The van der Waals surface area contributed by atoms with Crippen molar-refractivity contribution in [1.29, 1.82) is 0 Å². The van der Waals surface area contributed by atoms with Crippen LogP contribution in [-0.2, 0) is 33.9 Å². The molecule has 8 nitrogen and oxygen atoms in total. The number of halogens is 7. The Balaban J connectivity index is 6.14. The predicted octanol–water partition coefficient (Wildman–Crippen LogP) is 3.23. The van der Waals surface area contributed by atoms with Gasteiger partial charge in [-0.25, -0.2) is 9.59 Å². The van der Waals surface area contributed by atoms with E-state index in [1.807, 2.05) is 0 Å². The SMILES string of the molecule is C=C(C)C(=O)OC(OCCC(F)(F)C(F)(F)S(=O)(=O)O)(C(=O)OC(C)(C)C)C(F)(F)F. The number of hydrogen-bond acceptors (Lipinski definition) is 7. The van der Waals surface area contributed by atoms with E-state index in [4.69, 9.17) is 4.55 Å². The van der Waals surface area contributed by atoms with Crippen LogP contribution in [0.3, 0.4) is 0 Å². The molecule has 0 saturated heterocycles. The lowest BCUT2D eigenvalue weighted by Crippen LogP contribution is -2.60. The van der Waals surface area contributed by atoms with Gasteiger partial charge in [0.1, 0.15) is 5.60 Å². The molecule has 0 bridgehead atoms. The summed E-state index contributed by atoms with van der Waals surface area (Å²) < 4.78 is 136. The van der Waals surface area contributed by atoms with Gasteiger partial charge in [-0.1, -0.05) is 6.58 Å². The van der Waals surface area contributed by atoms with E-state index in [1.165, 1.54) is 0 Å². The van der Waals surface area contributed by atoms with E-state index >= 15 is 0 Å². The highest BCUT2D eigenvalue weighted by Crippen LogP contribution is 2.42. The maximum atomic E-state index is 13.7. The molecule has 0 aromatic rings. The maximum Gasteiger partial charge on any atom is 0.468 e. The quantitative estimate of drug-likeness (QED) is 0.172. The van der Waals surface area contributed by atoms with Crippen molar-refractivity contribution >= 4 is 22.1 Å². The molecule has 31 heavy (non-hydrogen) atoms. The highest BCUT2D eigenvalue weighted by atomic mass is 32.2. The second-order valence-electron chi connectivity index (χ2n) is 7.08. The predicted molar refractivity (Wildman–Crippen MR) is 87.5 cm³/mol. The fraction of sp³-hybridized carbons (Fsp3) is 0.733. The minimum atomic E-state index is -6.67. The first-order valence-corrected chi connectivity index (χ1v) is 9.41. The third-order valence-electron chi connectivity index (χ3n) is 3.10. The van der Waals surface area contributed by atoms with E-state index < -0.39 is 69.4 Å². The van der Waals surface area contributed by atoms with Crippen molar-refractivity contribution in [1.82, 2.24) is 0 Å². The highest BCUT2D eigenvalue weighted by molar-refractivity contribution is 7.87. The molecular weight excluding hydrogens is 473 g/mol. The van der Waals surface area contributed by atoms with Gasteiger partial charge in [0.15, 0.2) is 0 Å². The Bertz CT molecular complexity index is 814. The fourth-order valence-corrected chi connectivity index (χ4v) is 2.09. The standard InChI is InChI=1S/C15H19F7O8S/c1-8(2)9(23)29-13(14(18,19)20,10(24)30-11(3,4)5)28-7-6-12(16,17)15(21,22)31(25,26)27/h1,6-7H2,2-5H3,(H,25,26,27). The minimum absolute atomic E-state index is 0.691. The molecule has 1 unspecified atom stereocenters. The van der Waals surface area contributed by atoms with Crippen molar-refractivity contribution in [2.24, 2.45) is 0 Å². The molecule has 1 N–H and O–H groups in total. The zero-order valence-corrected chi connectivity index (χ0v) is 17.3. The molecule has 0 fully saturated rings. The highest BCUT2D eigenvalue weighted by Gasteiger charge is 2.69. The molecule has 0 aromatic carbocycles. The van der Waals surface area contributed by atoms with Crippen LogP contribution < -0.4 is 0 Å². The topological polar surface area (TPSA) is 116 Å². The van der Waals surface area contributed by atoms with Gasteiger partial charge in [-0.05, 0) is 27.7 Å². The Hall–Kier alpha value is -1.94. The third kappa shape index (κ3) is 6.77. The first-order chi connectivity index (χ1) is 13.4. The van der Waals surface area contributed by atoms with Crippen LogP contribution in [0, 0.1) is 0 Å². The monoisotopic (exact) mass is 492 g/mol. The van der Waals surface area contributed by atoms with Gasteiger partial charge in [0.25, 0.3) is 0 Å². The Morgan fingerprint density at radius 1 is 0.968 bits per heavy atom.